The van der Waals surface area contributed by atoms with Gasteiger partial charge in [0.15, 0.2) is 11.3 Å². The molecule has 11 heteroatoms. The predicted molar refractivity (Wildman–Crippen MR) is 125 cm³/mol. The summed E-state index contributed by atoms with van der Waals surface area (Å²) in [5.41, 5.74) is 1.11. The van der Waals surface area contributed by atoms with E-state index < -0.39 is 6.43 Å². The Morgan fingerprint density at radius 3 is 2.70 bits per heavy atom. The number of anilines is 2. The Bertz CT molecular complexity index is 1130. The summed E-state index contributed by atoms with van der Waals surface area (Å²) in [6.07, 6.45) is 6.43. The molecule has 176 valence electrons. The maximum Gasteiger partial charge on any atom is 0.284 e. The number of halogens is 2. The first-order chi connectivity index (χ1) is 16.0. The number of morpholine rings is 1. The molecule has 1 aliphatic carbocycles. The van der Waals surface area contributed by atoms with Gasteiger partial charge in [-0.3, -0.25) is 4.68 Å². The van der Waals surface area contributed by atoms with Gasteiger partial charge in [-0.05, 0) is 37.7 Å². The highest BCUT2D eigenvalue weighted by Crippen LogP contribution is 2.34. The van der Waals surface area contributed by atoms with E-state index >= 15 is 0 Å². The topological polar surface area (TPSA) is 72.5 Å². The highest BCUT2D eigenvalue weighted by molar-refractivity contribution is 7.81. The number of ether oxygens (including phenoxy) is 1. The average Bonchev–Trinajstić information content (AvgIpc) is 3.44. The van der Waals surface area contributed by atoms with E-state index in [1.54, 1.807) is 21.6 Å². The lowest BCUT2D eigenvalue weighted by molar-refractivity contribution is 0.122. The van der Waals surface area contributed by atoms with Crippen LogP contribution in [0.25, 0.3) is 5.65 Å². The lowest BCUT2D eigenvalue weighted by Crippen LogP contribution is -2.36. The number of thiocarbonyl (C=S) groups is 1. The molecule has 1 saturated heterocycles. The fourth-order valence-electron chi connectivity index (χ4n) is 4.53. The zero-order valence-electron chi connectivity index (χ0n) is 18.5. The van der Waals surface area contributed by atoms with Crippen LogP contribution in [0.3, 0.4) is 0 Å². The Hall–Kier alpha value is -2.66. The quantitative estimate of drug-likeness (QED) is 0.554. The maximum absolute atomic E-state index is 13.8. The number of hydrogen-bond donors (Lipinski definition) is 1. The zero-order chi connectivity index (χ0) is 22.9. The van der Waals surface area contributed by atoms with Crippen LogP contribution in [0.2, 0.25) is 0 Å². The summed E-state index contributed by atoms with van der Waals surface area (Å²) < 4.78 is 36.3. The largest absolute Gasteiger partial charge is 0.378 e. The minimum atomic E-state index is -2.70. The predicted octanol–water partition coefficient (Wildman–Crippen LogP) is 4.24. The molecule has 1 N–H and O–H groups in total. The summed E-state index contributed by atoms with van der Waals surface area (Å²) in [6.45, 7) is 5.04. The highest BCUT2D eigenvalue weighted by atomic mass is 32.1. The van der Waals surface area contributed by atoms with Crippen LogP contribution in [0.1, 0.15) is 56.3 Å². The standard InChI is InChI=1S/C22H27F2N7OS/c1-14-2-4-15(5-3-14)31-13-17(19(28-31)20(23)24)26-22(33)16-12-25-30-7-6-18(27-21(16)30)29-8-10-32-11-9-29/h6-7,12-15,20H,2-5,8-11H2,1H3,(H,26,33)/t14-,15-. The second-order valence-electron chi connectivity index (χ2n) is 8.79. The molecule has 4 heterocycles. The van der Waals surface area contributed by atoms with Gasteiger partial charge in [0.25, 0.3) is 6.43 Å². The first-order valence-electron chi connectivity index (χ1n) is 11.3. The smallest absolute Gasteiger partial charge is 0.284 e. The molecule has 0 aromatic carbocycles. The Kier molecular flexibility index (Phi) is 6.24. The van der Waals surface area contributed by atoms with Crippen molar-refractivity contribution in [1.29, 1.82) is 0 Å². The van der Waals surface area contributed by atoms with Crippen LogP contribution in [-0.2, 0) is 4.74 Å². The van der Waals surface area contributed by atoms with Crippen LogP contribution < -0.4 is 10.2 Å². The molecule has 0 amide bonds. The molecule has 3 aromatic rings. The number of alkyl halides is 2. The molecule has 0 spiro atoms. The molecule has 0 atom stereocenters. The van der Waals surface area contributed by atoms with Gasteiger partial charge in [-0.15, -0.1) is 0 Å². The molecule has 1 saturated carbocycles. The van der Waals surface area contributed by atoms with Crippen molar-refractivity contribution >= 4 is 34.4 Å². The molecule has 3 aromatic heterocycles. The SMILES string of the molecule is C[C@H]1CC[C@H](n2cc(NC(=S)c3cnn4ccc(N5CCOCC5)nc34)c(C(F)F)n2)CC1. The number of aromatic nitrogens is 5. The van der Waals surface area contributed by atoms with Crippen LogP contribution >= 0.6 is 12.2 Å². The number of nitrogens with zero attached hydrogens (tertiary/aromatic N) is 6. The van der Waals surface area contributed by atoms with E-state index in [0.29, 0.717) is 30.3 Å². The van der Waals surface area contributed by atoms with Crippen LogP contribution in [0.4, 0.5) is 20.3 Å². The third-order valence-electron chi connectivity index (χ3n) is 6.51. The van der Waals surface area contributed by atoms with E-state index in [1.165, 1.54) is 0 Å². The summed E-state index contributed by atoms with van der Waals surface area (Å²) in [5.74, 6) is 1.48. The van der Waals surface area contributed by atoms with Crippen molar-refractivity contribution in [3.63, 3.8) is 0 Å². The summed E-state index contributed by atoms with van der Waals surface area (Å²) >= 11 is 5.59. The van der Waals surface area contributed by atoms with Crippen LogP contribution in [-0.4, -0.2) is 55.7 Å². The molecule has 8 nitrogen and oxygen atoms in total. The first-order valence-corrected chi connectivity index (χ1v) is 11.8. The fraction of sp³-hybridized carbons (Fsp3) is 0.545. The monoisotopic (exact) mass is 475 g/mol. The number of rotatable bonds is 5. The summed E-state index contributed by atoms with van der Waals surface area (Å²) in [7, 11) is 0. The third kappa shape index (κ3) is 4.56. The van der Waals surface area contributed by atoms with E-state index in [-0.39, 0.29) is 22.4 Å². The molecule has 2 fully saturated rings. The summed E-state index contributed by atoms with van der Waals surface area (Å²) in [6, 6.07) is 2.03. The van der Waals surface area contributed by atoms with Gasteiger partial charge in [0.1, 0.15) is 10.8 Å². The van der Waals surface area contributed by atoms with E-state index in [0.717, 1.165) is 44.6 Å². The molecular formula is C22H27F2N7OS. The number of hydrogen-bond acceptors (Lipinski definition) is 6. The molecule has 0 radical (unpaired) electrons. The van der Waals surface area contributed by atoms with Crippen LogP contribution in [0.15, 0.2) is 24.7 Å². The fourth-order valence-corrected chi connectivity index (χ4v) is 4.79. The van der Waals surface area contributed by atoms with Gasteiger partial charge in [0.2, 0.25) is 0 Å². The molecule has 1 aliphatic heterocycles. The van der Waals surface area contributed by atoms with Gasteiger partial charge >= 0.3 is 0 Å². The van der Waals surface area contributed by atoms with Gasteiger partial charge in [0.05, 0.1) is 36.7 Å². The van der Waals surface area contributed by atoms with Crippen molar-refractivity contribution in [2.75, 3.05) is 36.5 Å². The van der Waals surface area contributed by atoms with Gasteiger partial charge in [-0.2, -0.15) is 10.2 Å². The lowest BCUT2D eigenvalue weighted by atomic mass is 9.87. The van der Waals surface area contributed by atoms with Gasteiger partial charge in [-0.25, -0.2) is 18.3 Å². The Morgan fingerprint density at radius 2 is 1.97 bits per heavy atom. The summed E-state index contributed by atoms with van der Waals surface area (Å²) in [5, 5.41) is 11.5. The van der Waals surface area contributed by atoms with E-state index in [2.05, 4.69) is 27.3 Å². The average molecular weight is 476 g/mol. The molecule has 5 rings (SSSR count). The van der Waals surface area contributed by atoms with Crippen molar-refractivity contribution in [2.24, 2.45) is 5.92 Å². The van der Waals surface area contributed by atoms with Crippen molar-refractivity contribution in [3.05, 3.63) is 35.9 Å². The van der Waals surface area contributed by atoms with Gasteiger partial charge in [0, 0.05) is 25.5 Å². The second-order valence-corrected chi connectivity index (χ2v) is 9.20. The first kappa shape index (κ1) is 22.1. The van der Waals surface area contributed by atoms with Crippen molar-refractivity contribution in [2.45, 2.75) is 45.1 Å². The van der Waals surface area contributed by atoms with Crippen LogP contribution in [0.5, 0.6) is 0 Å². The molecule has 33 heavy (non-hydrogen) atoms. The molecular weight excluding hydrogens is 448 g/mol. The van der Waals surface area contributed by atoms with E-state index in [4.69, 9.17) is 21.9 Å². The Balaban J connectivity index is 1.40. The third-order valence-corrected chi connectivity index (χ3v) is 6.83. The normalized spacial score (nSPS) is 21.6. The number of nitrogens with one attached hydrogen (secondary N) is 1. The minimum absolute atomic E-state index is 0.137. The molecule has 0 unspecified atom stereocenters. The van der Waals surface area contributed by atoms with Gasteiger partial charge in [-0.1, -0.05) is 19.1 Å². The summed E-state index contributed by atoms with van der Waals surface area (Å²) in [4.78, 5) is 7.17. The van der Waals surface area contributed by atoms with Crippen LogP contribution in [0, 0.1) is 5.92 Å². The number of fused-ring (bicyclic) bond motifs is 1. The van der Waals surface area contributed by atoms with Crippen molar-refractivity contribution < 1.29 is 13.5 Å². The minimum Gasteiger partial charge on any atom is -0.378 e. The molecule has 0 bridgehead atoms. The Morgan fingerprint density at radius 1 is 1.21 bits per heavy atom. The lowest BCUT2D eigenvalue weighted by Gasteiger charge is -2.27. The van der Waals surface area contributed by atoms with Gasteiger partial charge < -0.3 is 15.0 Å². The highest BCUT2D eigenvalue weighted by Gasteiger charge is 2.26. The molecule has 2 aliphatic rings. The Labute approximate surface area is 195 Å². The van der Waals surface area contributed by atoms with E-state index in [1.807, 2.05) is 12.3 Å². The van der Waals surface area contributed by atoms with Crippen molar-refractivity contribution in [1.82, 2.24) is 24.4 Å². The second kappa shape index (κ2) is 9.30. The maximum atomic E-state index is 13.8. The zero-order valence-corrected chi connectivity index (χ0v) is 19.3. The van der Waals surface area contributed by atoms with Crippen molar-refractivity contribution in [3.8, 4) is 0 Å². The van der Waals surface area contributed by atoms with E-state index in [9.17, 15) is 8.78 Å².